The molecule has 0 aromatic carbocycles. The van der Waals surface area contributed by atoms with Crippen molar-refractivity contribution in [1.82, 2.24) is 10.1 Å². The number of aliphatic hydroxyl groups excluding tert-OH is 1. The molecule has 80 valence electrons. The molecule has 0 bridgehead atoms. The van der Waals surface area contributed by atoms with Gasteiger partial charge in [-0.3, -0.25) is 0 Å². The summed E-state index contributed by atoms with van der Waals surface area (Å²) in [7, 11) is 0. The molecule has 0 aliphatic carbocycles. The monoisotopic (exact) mass is 209 g/mol. The fraction of sp³-hybridized carbons (Fsp3) is 0.333. The molecule has 0 amide bonds. The first-order valence-electron chi connectivity index (χ1n) is 4.48. The Kier molecular flexibility index (Phi) is 2.53. The van der Waals surface area contributed by atoms with Gasteiger partial charge in [-0.15, -0.1) is 0 Å². The molecule has 6 nitrogen and oxygen atoms in total. The first-order valence-corrected chi connectivity index (χ1v) is 4.48. The maximum Gasteiger partial charge on any atom is 0.246 e. The summed E-state index contributed by atoms with van der Waals surface area (Å²) >= 11 is 0. The molecule has 2 heterocycles. The molecule has 0 radical (unpaired) electrons. The molecule has 0 saturated heterocycles. The summed E-state index contributed by atoms with van der Waals surface area (Å²) in [5, 5.41) is 13.0. The van der Waals surface area contributed by atoms with E-state index in [2.05, 4.69) is 10.1 Å². The van der Waals surface area contributed by atoms with Gasteiger partial charge in [-0.1, -0.05) is 5.16 Å². The van der Waals surface area contributed by atoms with Gasteiger partial charge in [0.1, 0.15) is 12.3 Å². The second-order valence-electron chi connectivity index (χ2n) is 3.23. The summed E-state index contributed by atoms with van der Waals surface area (Å²) in [6.45, 7) is 1.56. The van der Waals surface area contributed by atoms with Gasteiger partial charge < -0.3 is 19.8 Å². The zero-order valence-corrected chi connectivity index (χ0v) is 8.12. The van der Waals surface area contributed by atoms with Crippen LogP contribution in [0.25, 0.3) is 11.4 Å². The number of aromatic nitrogens is 2. The topological polar surface area (TPSA) is 98.3 Å². The lowest BCUT2D eigenvalue weighted by molar-refractivity contribution is 0.146. The number of aliphatic hydroxyl groups is 1. The zero-order chi connectivity index (χ0) is 10.8. The van der Waals surface area contributed by atoms with E-state index in [0.29, 0.717) is 11.4 Å². The van der Waals surface area contributed by atoms with Crippen LogP contribution in [0.2, 0.25) is 0 Å². The standard InChI is InChI=1S/C9H11N3O3/c1-5(13)7(10)9-11-8(12-15-9)6-2-3-14-4-6/h2-5,7,13H,10H2,1H3/t5-,7+/m1/s1. The summed E-state index contributed by atoms with van der Waals surface area (Å²) in [5.74, 6) is 0.607. The van der Waals surface area contributed by atoms with Crippen molar-refractivity contribution in [3.63, 3.8) is 0 Å². The van der Waals surface area contributed by atoms with Crippen LogP contribution >= 0.6 is 0 Å². The molecule has 2 rings (SSSR count). The van der Waals surface area contributed by atoms with Gasteiger partial charge in [0.05, 0.1) is 17.9 Å². The molecule has 0 aliphatic rings. The van der Waals surface area contributed by atoms with Crippen molar-refractivity contribution in [3.8, 4) is 11.4 Å². The summed E-state index contributed by atoms with van der Waals surface area (Å²) in [5.41, 5.74) is 6.35. The third-order valence-electron chi connectivity index (χ3n) is 2.03. The molecule has 0 unspecified atom stereocenters. The lowest BCUT2D eigenvalue weighted by Crippen LogP contribution is -2.23. The second kappa shape index (κ2) is 3.84. The van der Waals surface area contributed by atoms with E-state index < -0.39 is 12.1 Å². The van der Waals surface area contributed by atoms with Crippen LogP contribution in [0.1, 0.15) is 18.9 Å². The molecule has 2 aromatic rings. The van der Waals surface area contributed by atoms with Gasteiger partial charge in [-0.25, -0.2) is 0 Å². The van der Waals surface area contributed by atoms with Crippen LogP contribution in [0.15, 0.2) is 27.5 Å². The van der Waals surface area contributed by atoms with Crippen molar-refractivity contribution in [2.24, 2.45) is 5.73 Å². The highest BCUT2D eigenvalue weighted by atomic mass is 16.5. The Balaban J connectivity index is 2.25. The largest absolute Gasteiger partial charge is 0.472 e. The predicted molar refractivity (Wildman–Crippen MR) is 50.6 cm³/mol. The molecule has 15 heavy (non-hydrogen) atoms. The molecule has 0 aliphatic heterocycles. The van der Waals surface area contributed by atoms with Gasteiger partial charge in [-0.05, 0) is 13.0 Å². The summed E-state index contributed by atoms with van der Waals surface area (Å²) in [6, 6.07) is 1.04. The lowest BCUT2D eigenvalue weighted by atomic mass is 10.2. The molecule has 3 N–H and O–H groups in total. The van der Waals surface area contributed by atoms with E-state index in [1.54, 1.807) is 13.0 Å². The highest BCUT2D eigenvalue weighted by Crippen LogP contribution is 2.19. The zero-order valence-electron chi connectivity index (χ0n) is 8.12. The number of furan rings is 1. The highest BCUT2D eigenvalue weighted by Gasteiger charge is 2.20. The Bertz CT molecular complexity index is 422. The molecular formula is C9H11N3O3. The first kappa shape index (κ1) is 9.88. The van der Waals surface area contributed by atoms with Crippen LogP contribution in [0, 0.1) is 0 Å². The lowest BCUT2D eigenvalue weighted by Gasteiger charge is -2.08. The third-order valence-corrected chi connectivity index (χ3v) is 2.03. The molecule has 0 saturated carbocycles. The Morgan fingerprint density at radius 3 is 2.93 bits per heavy atom. The number of rotatable bonds is 3. The number of hydrogen-bond acceptors (Lipinski definition) is 6. The Labute approximate surface area is 85.7 Å². The van der Waals surface area contributed by atoms with Gasteiger partial charge in [0.2, 0.25) is 11.7 Å². The van der Waals surface area contributed by atoms with E-state index in [4.69, 9.17) is 14.7 Å². The van der Waals surface area contributed by atoms with E-state index in [0.717, 1.165) is 0 Å². The highest BCUT2D eigenvalue weighted by molar-refractivity contribution is 5.51. The van der Waals surface area contributed by atoms with Crippen molar-refractivity contribution in [2.75, 3.05) is 0 Å². The van der Waals surface area contributed by atoms with Crippen molar-refractivity contribution < 1.29 is 14.0 Å². The fourth-order valence-electron chi connectivity index (χ4n) is 1.09. The predicted octanol–water partition coefficient (Wildman–Crippen LogP) is 0.710. The second-order valence-corrected chi connectivity index (χ2v) is 3.23. The number of nitrogens with zero attached hydrogens (tertiary/aromatic N) is 2. The van der Waals surface area contributed by atoms with Crippen LogP contribution in [0.3, 0.4) is 0 Å². The Morgan fingerprint density at radius 2 is 2.33 bits per heavy atom. The van der Waals surface area contributed by atoms with E-state index in [1.165, 1.54) is 12.5 Å². The van der Waals surface area contributed by atoms with Crippen molar-refractivity contribution >= 4 is 0 Å². The molecule has 0 spiro atoms. The summed E-state index contributed by atoms with van der Waals surface area (Å²) in [4.78, 5) is 4.05. The van der Waals surface area contributed by atoms with Crippen molar-refractivity contribution in [1.29, 1.82) is 0 Å². The molecule has 6 heteroatoms. The average molecular weight is 209 g/mol. The minimum atomic E-state index is -0.734. The van der Waals surface area contributed by atoms with E-state index in [-0.39, 0.29) is 5.89 Å². The van der Waals surface area contributed by atoms with Gasteiger partial charge >= 0.3 is 0 Å². The van der Waals surface area contributed by atoms with Gasteiger partial charge in [0, 0.05) is 0 Å². The van der Waals surface area contributed by atoms with Crippen LogP contribution in [0.4, 0.5) is 0 Å². The van der Waals surface area contributed by atoms with Crippen LogP contribution < -0.4 is 5.73 Å². The Hall–Kier alpha value is -1.66. The molecule has 2 atom stereocenters. The Morgan fingerprint density at radius 1 is 1.53 bits per heavy atom. The first-order chi connectivity index (χ1) is 7.18. The van der Waals surface area contributed by atoms with E-state index in [9.17, 15) is 5.11 Å². The number of hydrogen-bond donors (Lipinski definition) is 2. The van der Waals surface area contributed by atoms with Crippen LogP contribution in [-0.4, -0.2) is 21.4 Å². The minimum Gasteiger partial charge on any atom is -0.472 e. The maximum atomic E-state index is 9.24. The van der Waals surface area contributed by atoms with Crippen molar-refractivity contribution in [3.05, 3.63) is 24.5 Å². The molecular weight excluding hydrogens is 198 g/mol. The molecule has 0 fully saturated rings. The minimum absolute atomic E-state index is 0.209. The van der Waals surface area contributed by atoms with Gasteiger partial charge in [0.15, 0.2) is 0 Å². The van der Waals surface area contributed by atoms with Crippen molar-refractivity contribution in [2.45, 2.75) is 19.1 Å². The maximum absolute atomic E-state index is 9.24. The fourth-order valence-corrected chi connectivity index (χ4v) is 1.09. The number of nitrogens with two attached hydrogens (primary N) is 1. The average Bonchev–Trinajstić information content (AvgIpc) is 2.86. The van der Waals surface area contributed by atoms with Gasteiger partial charge in [-0.2, -0.15) is 4.98 Å². The smallest absolute Gasteiger partial charge is 0.246 e. The SMILES string of the molecule is C[C@@H](O)[C@H](N)c1nc(-c2ccoc2)no1. The summed E-state index contributed by atoms with van der Waals surface area (Å²) in [6.07, 6.45) is 2.28. The van der Waals surface area contributed by atoms with E-state index >= 15 is 0 Å². The third kappa shape index (κ3) is 1.90. The van der Waals surface area contributed by atoms with Crippen LogP contribution in [0.5, 0.6) is 0 Å². The van der Waals surface area contributed by atoms with Gasteiger partial charge in [0.25, 0.3) is 0 Å². The van der Waals surface area contributed by atoms with Crippen LogP contribution in [-0.2, 0) is 0 Å². The molecule has 2 aromatic heterocycles. The quantitative estimate of drug-likeness (QED) is 0.772. The summed E-state index contributed by atoms with van der Waals surface area (Å²) < 4.78 is 9.81. The van der Waals surface area contributed by atoms with E-state index in [1.807, 2.05) is 0 Å². The normalized spacial score (nSPS) is 15.1.